The van der Waals surface area contributed by atoms with Crippen molar-refractivity contribution < 1.29 is 19.5 Å². The maximum atomic E-state index is 12.9. The Morgan fingerprint density at radius 3 is 2.68 bits per heavy atom. The number of aliphatic imine (C=N–C) groups is 1. The fraction of sp³-hybridized carbons (Fsp3) is 0.591. The van der Waals surface area contributed by atoms with Gasteiger partial charge >= 0.3 is 17.1 Å². The number of β-lactam (4-membered cyclic amide) rings is 1. The fourth-order valence-corrected chi connectivity index (χ4v) is 5.68. The molecule has 1 fully saturated rings. The van der Waals surface area contributed by atoms with Gasteiger partial charge in [-0.05, 0) is 31.3 Å². The summed E-state index contributed by atoms with van der Waals surface area (Å²) < 4.78 is 1.29. The van der Waals surface area contributed by atoms with Crippen LogP contribution in [-0.2, 0) is 21.4 Å². The molecule has 3 heterocycles. The van der Waals surface area contributed by atoms with Crippen LogP contribution in [-0.4, -0.2) is 84.4 Å². The highest BCUT2D eigenvalue weighted by atomic mass is 32.2. The number of amidine groups is 1. The van der Waals surface area contributed by atoms with Crippen LogP contribution in [0.3, 0.4) is 0 Å². The molecular weight excluding hydrogens is 522 g/mol. The molecule has 13 nitrogen and oxygen atoms in total. The van der Waals surface area contributed by atoms with Gasteiger partial charge in [0.1, 0.15) is 11.7 Å². The Hall–Kier alpha value is -3.07. The Kier molecular flexibility index (Phi) is 9.97. The van der Waals surface area contributed by atoms with Crippen molar-refractivity contribution in [2.75, 3.05) is 24.6 Å². The minimum absolute atomic E-state index is 0.0875. The molecule has 2 amide bonds. The molecule has 2 aliphatic heterocycles. The number of fused-ring (bicyclic) bond motifs is 1. The van der Waals surface area contributed by atoms with Crippen LogP contribution in [0.2, 0.25) is 0 Å². The lowest BCUT2D eigenvalue weighted by Gasteiger charge is -2.50. The van der Waals surface area contributed by atoms with Gasteiger partial charge in [-0.1, -0.05) is 37.4 Å². The molecule has 15 heteroatoms. The van der Waals surface area contributed by atoms with Crippen LogP contribution in [0.1, 0.15) is 39.5 Å². The zero-order valence-electron chi connectivity index (χ0n) is 20.9. The smallest absolute Gasteiger partial charge is 0.352 e. The number of rotatable bonds is 11. The lowest BCUT2D eigenvalue weighted by atomic mass is 9.84. The summed E-state index contributed by atoms with van der Waals surface area (Å²) >= 11 is 2.36. The van der Waals surface area contributed by atoms with E-state index in [4.69, 9.17) is 0 Å². The molecule has 2 atom stereocenters. The van der Waals surface area contributed by atoms with Crippen LogP contribution in [0.15, 0.2) is 31.0 Å². The number of carboxylic acid groups (broad SMARTS) is 1. The molecule has 2 aliphatic rings. The van der Waals surface area contributed by atoms with E-state index < -0.39 is 35.1 Å². The van der Waals surface area contributed by atoms with E-state index in [0.29, 0.717) is 30.1 Å². The summed E-state index contributed by atoms with van der Waals surface area (Å²) in [5.41, 5.74) is -1.38. The monoisotopic (exact) mass is 553 g/mol. The molecule has 0 radical (unpaired) electrons. The number of H-pyrrole nitrogens is 1. The van der Waals surface area contributed by atoms with Crippen molar-refractivity contribution in [3.8, 4) is 0 Å². The number of carbonyl (C=O) groups excluding carboxylic acids is 2. The summed E-state index contributed by atoms with van der Waals surface area (Å²) in [5, 5.41) is 19.0. The average molecular weight is 554 g/mol. The number of carbonyl (C=O) groups is 3. The van der Waals surface area contributed by atoms with Gasteiger partial charge in [0.05, 0.1) is 11.8 Å². The molecule has 1 aromatic rings. The van der Waals surface area contributed by atoms with E-state index in [0.717, 1.165) is 31.1 Å². The topological polar surface area (TPSA) is 179 Å². The molecule has 202 valence electrons. The summed E-state index contributed by atoms with van der Waals surface area (Å²) in [6.07, 6.45) is 2.69. The molecular formula is C22H31N7O6S2. The number of aliphatic carboxylic acids is 1. The van der Waals surface area contributed by atoms with E-state index in [9.17, 15) is 29.1 Å². The first-order valence-corrected chi connectivity index (χ1v) is 13.9. The number of aromatic nitrogens is 3. The first-order valence-electron chi connectivity index (χ1n) is 12.0. The maximum Gasteiger partial charge on any atom is 0.352 e. The first kappa shape index (κ1) is 28.5. The Balaban J connectivity index is 1.64. The minimum atomic E-state index is -1.24. The quantitative estimate of drug-likeness (QED) is 0.0949. The zero-order valence-corrected chi connectivity index (χ0v) is 22.5. The number of hydrogen-bond donors (Lipinski definition) is 4. The van der Waals surface area contributed by atoms with Crippen molar-refractivity contribution in [3.05, 3.63) is 32.0 Å². The number of nitrogens with one attached hydrogen (secondary N) is 3. The standard InChI is InChI=1S/C22H31N7O6S2/c1-4-8-23-21(24-9-5-2)36-11-14(30)25-15-13-7-6-12(16(20(34)35)29(13)19(15)33)10-37-22-26-17(31)18(32)27-28(22)3/h13,15H,4-11H2,1-3H3,(H,23,24)(H,25,30)(H,27,32)(H,34,35). The van der Waals surface area contributed by atoms with Crippen molar-refractivity contribution in [2.45, 2.75) is 56.8 Å². The van der Waals surface area contributed by atoms with Crippen LogP contribution in [0.5, 0.6) is 0 Å². The third-order valence-electron chi connectivity index (χ3n) is 5.72. The van der Waals surface area contributed by atoms with Gasteiger partial charge in [-0.2, -0.15) is 4.98 Å². The van der Waals surface area contributed by atoms with Crippen LogP contribution in [0.25, 0.3) is 0 Å². The highest BCUT2D eigenvalue weighted by Gasteiger charge is 2.53. The lowest BCUT2D eigenvalue weighted by molar-refractivity contribution is -0.155. The van der Waals surface area contributed by atoms with Gasteiger partial charge in [0, 0.05) is 25.9 Å². The summed E-state index contributed by atoms with van der Waals surface area (Å²) in [5.74, 6) is -1.78. The van der Waals surface area contributed by atoms with E-state index >= 15 is 0 Å². The molecule has 0 saturated carbocycles. The molecule has 0 aromatic carbocycles. The van der Waals surface area contributed by atoms with E-state index in [1.807, 2.05) is 13.8 Å². The molecule has 37 heavy (non-hydrogen) atoms. The predicted molar refractivity (Wildman–Crippen MR) is 141 cm³/mol. The fourth-order valence-electron chi connectivity index (χ4n) is 3.97. The third kappa shape index (κ3) is 6.83. The second-order valence-corrected chi connectivity index (χ2v) is 10.4. The number of hydrogen-bond acceptors (Lipinski definition) is 9. The highest BCUT2D eigenvalue weighted by Crippen LogP contribution is 2.38. The van der Waals surface area contributed by atoms with Gasteiger partial charge in [-0.15, -0.1) is 0 Å². The number of thioether (sulfide) groups is 2. The Bertz CT molecular complexity index is 1220. The van der Waals surface area contributed by atoms with Crippen molar-refractivity contribution >= 4 is 46.5 Å². The van der Waals surface area contributed by atoms with Crippen molar-refractivity contribution in [1.82, 2.24) is 30.3 Å². The van der Waals surface area contributed by atoms with Crippen LogP contribution >= 0.6 is 23.5 Å². The molecule has 3 rings (SSSR count). The Labute approximate surface area is 221 Å². The van der Waals surface area contributed by atoms with Gasteiger partial charge in [0.15, 0.2) is 10.3 Å². The predicted octanol–water partition coefficient (Wildman–Crippen LogP) is -0.112. The summed E-state index contributed by atoms with van der Waals surface area (Å²) in [4.78, 5) is 69.9. The molecule has 0 spiro atoms. The van der Waals surface area contributed by atoms with Gasteiger partial charge in [-0.25, -0.2) is 4.79 Å². The van der Waals surface area contributed by atoms with Crippen molar-refractivity contribution in [3.63, 3.8) is 0 Å². The largest absolute Gasteiger partial charge is 0.477 e. The number of nitrogens with zero attached hydrogens (tertiary/aromatic N) is 4. The molecule has 1 aromatic heterocycles. The molecule has 2 unspecified atom stereocenters. The van der Waals surface area contributed by atoms with E-state index in [2.05, 4.69) is 25.7 Å². The average Bonchev–Trinajstić information content (AvgIpc) is 2.87. The molecule has 1 saturated heterocycles. The van der Waals surface area contributed by atoms with Crippen LogP contribution < -0.4 is 21.8 Å². The lowest BCUT2D eigenvalue weighted by Crippen LogP contribution is -2.71. The van der Waals surface area contributed by atoms with Gasteiger partial charge < -0.3 is 15.7 Å². The SMILES string of the molecule is CCCN=C(NCCC)SCC(=O)NC1C(=O)N2C(C(=O)O)=C(CSc3nc(=O)c(=O)[nH]n3C)CCC12. The van der Waals surface area contributed by atoms with Crippen molar-refractivity contribution in [1.29, 1.82) is 0 Å². The number of amides is 2. The van der Waals surface area contributed by atoms with Gasteiger partial charge in [0.25, 0.3) is 5.91 Å². The molecule has 0 aliphatic carbocycles. The summed E-state index contributed by atoms with van der Waals surface area (Å²) in [6, 6.07) is -1.22. The molecule has 0 bridgehead atoms. The van der Waals surface area contributed by atoms with Gasteiger partial charge in [0.2, 0.25) is 5.91 Å². The number of aromatic amines is 1. The molecule has 4 N–H and O–H groups in total. The summed E-state index contributed by atoms with van der Waals surface area (Å²) in [7, 11) is 1.52. The van der Waals surface area contributed by atoms with Crippen LogP contribution in [0.4, 0.5) is 0 Å². The normalized spacial score (nSPS) is 19.4. The second kappa shape index (κ2) is 12.9. The number of carboxylic acids is 1. The van der Waals surface area contributed by atoms with E-state index in [1.165, 1.54) is 28.4 Å². The van der Waals surface area contributed by atoms with Crippen molar-refractivity contribution in [2.24, 2.45) is 12.0 Å². The number of aryl methyl sites for hydroxylation is 1. The van der Waals surface area contributed by atoms with Gasteiger partial charge in [-0.3, -0.25) is 38.9 Å². The highest BCUT2D eigenvalue weighted by molar-refractivity contribution is 8.14. The second-order valence-electron chi connectivity index (χ2n) is 8.51. The zero-order chi connectivity index (χ0) is 27.1. The van der Waals surface area contributed by atoms with E-state index in [1.54, 1.807) is 0 Å². The minimum Gasteiger partial charge on any atom is -0.477 e. The van der Waals surface area contributed by atoms with E-state index in [-0.39, 0.29) is 28.3 Å². The summed E-state index contributed by atoms with van der Waals surface area (Å²) in [6.45, 7) is 5.45. The third-order valence-corrected chi connectivity index (χ3v) is 7.79. The first-order chi connectivity index (χ1) is 17.7. The Morgan fingerprint density at radius 1 is 1.24 bits per heavy atom. The Morgan fingerprint density at radius 2 is 2.00 bits per heavy atom. The van der Waals surface area contributed by atoms with Crippen LogP contribution in [0, 0.1) is 0 Å². The maximum absolute atomic E-state index is 12.9.